The summed E-state index contributed by atoms with van der Waals surface area (Å²) in [5.41, 5.74) is 2.13. The minimum Gasteiger partial charge on any atom is -0.464 e. The Hall–Kier alpha value is -2.62. The van der Waals surface area contributed by atoms with Crippen LogP contribution < -0.4 is 5.32 Å². The number of para-hydroxylation sites is 1. The average Bonchev–Trinajstić information content (AvgIpc) is 3.10. The van der Waals surface area contributed by atoms with Crippen molar-refractivity contribution in [1.29, 1.82) is 0 Å². The summed E-state index contributed by atoms with van der Waals surface area (Å²) in [5, 5.41) is 23.0. The summed E-state index contributed by atoms with van der Waals surface area (Å²) < 4.78 is 21.8. The fourth-order valence-corrected chi connectivity index (χ4v) is 4.01. The molecule has 9 heteroatoms. The molecule has 1 unspecified atom stereocenters. The molecule has 2 aromatic carbocycles. The van der Waals surface area contributed by atoms with Gasteiger partial charge in [0.25, 0.3) is 0 Å². The first-order chi connectivity index (χ1) is 13.8. The Morgan fingerprint density at radius 1 is 1.24 bits per heavy atom. The van der Waals surface area contributed by atoms with Crippen LogP contribution in [0.3, 0.4) is 0 Å². The highest BCUT2D eigenvalue weighted by molar-refractivity contribution is 7.93. The van der Waals surface area contributed by atoms with Gasteiger partial charge in [0, 0.05) is 23.6 Å². The van der Waals surface area contributed by atoms with Gasteiger partial charge in [0.1, 0.15) is 5.58 Å². The van der Waals surface area contributed by atoms with E-state index >= 15 is 0 Å². The number of carbonyl (C=O) groups excluding carboxylic acids is 1. The summed E-state index contributed by atoms with van der Waals surface area (Å²) in [6, 6.07) is 14.3. The molecule has 29 heavy (non-hydrogen) atoms. The van der Waals surface area contributed by atoms with Crippen LogP contribution in [0.2, 0.25) is 0 Å². The number of carbonyl (C=O) groups is 1. The number of hydrogen-bond acceptors (Lipinski definition) is 6. The number of amides is 1. The second-order valence-corrected chi connectivity index (χ2v) is 9.30. The molecule has 0 saturated heterocycles. The van der Waals surface area contributed by atoms with Crippen molar-refractivity contribution >= 4 is 33.7 Å². The minimum absolute atomic E-state index is 0.0163. The van der Waals surface area contributed by atoms with E-state index in [0.717, 1.165) is 10.9 Å². The van der Waals surface area contributed by atoms with Crippen LogP contribution in [-0.4, -0.2) is 46.5 Å². The molecule has 1 heterocycles. The van der Waals surface area contributed by atoms with E-state index in [9.17, 15) is 19.1 Å². The van der Waals surface area contributed by atoms with Crippen LogP contribution in [0.1, 0.15) is 11.1 Å². The predicted octanol–water partition coefficient (Wildman–Crippen LogP) is 1.80. The maximum atomic E-state index is 12.5. The number of nitrogens with one attached hydrogen (secondary N) is 1. The van der Waals surface area contributed by atoms with Gasteiger partial charge < -0.3 is 19.8 Å². The Labute approximate surface area is 170 Å². The zero-order valence-electron chi connectivity index (χ0n) is 16.2. The van der Waals surface area contributed by atoms with Crippen LogP contribution in [0.5, 0.6) is 0 Å². The van der Waals surface area contributed by atoms with Gasteiger partial charge in [0.2, 0.25) is 5.91 Å². The smallest absolute Gasteiger partial charge is 0.464 e. The Balaban J connectivity index is 1.72. The molecule has 3 aromatic rings. The largest absolute Gasteiger partial charge is 0.475 e. The fourth-order valence-electron chi connectivity index (χ4n) is 3.10. The molecule has 3 N–H and O–H groups in total. The quantitative estimate of drug-likeness (QED) is 0.511. The van der Waals surface area contributed by atoms with Crippen molar-refractivity contribution in [2.24, 2.45) is 4.36 Å². The summed E-state index contributed by atoms with van der Waals surface area (Å²) in [6.45, 7) is 0. The van der Waals surface area contributed by atoms with Gasteiger partial charge in [-0.15, -0.1) is 0 Å². The number of hydrogen-bond donors (Lipinski definition) is 3. The SMILES string of the molecule is CN=S(C)(=O)c1cccc(CC(=O)N[C@@H](Cc2coc3ccccc23)B(O)O)c1. The van der Waals surface area contributed by atoms with Crippen LogP contribution in [-0.2, 0) is 27.4 Å². The maximum Gasteiger partial charge on any atom is 0.475 e. The van der Waals surface area contributed by atoms with E-state index < -0.39 is 22.8 Å². The van der Waals surface area contributed by atoms with Gasteiger partial charge in [-0.2, -0.15) is 0 Å². The molecule has 0 bridgehead atoms. The van der Waals surface area contributed by atoms with Crippen molar-refractivity contribution in [3.63, 3.8) is 0 Å². The number of furan rings is 1. The molecule has 0 spiro atoms. The Morgan fingerprint density at radius 3 is 2.72 bits per heavy atom. The van der Waals surface area contributed by atoms with Crippen LogP contribution in [0.4, 0.5) is 0 Å². The zero-order valence-corrected chi connectivity index (χ0v) is 17.1. The predicted molar refractivity (Wildman–Crippen MR) is 113 cm³/mol. The van der Waals surface area contributed by atoms with Gasteiger partial charge in [0.05, 0.1) is 28.4 Å². The summed E-state index contributed by atoms with van der Waals surface area (Å²) in [5.74, 6) is -1.27. The van der Waals surface area contributed by atoms with Gasteiger partial charge >= 0.3 is 7.12 Å². The lowest BCUT2D eigenvalue weighted by atomic mass is 9.75. The molecule has 0 radical (unpaired) electrons. The normalized spacial score (nSPS) is 14.2. The van der Waals surface area contributed by atoms with Gasteiger partial charge in [0.15, 0.2) is 0 Å². The van der Waals surface area contributed by atoms with Gasteiger partial charge in [-0.25, -0.2) is 8.57 Å². The van der Waals surface area contributed by atoms with Gasteiger partial charge in [-0.3, -0.25) is 4.79 Å². The molecule has 1 aromatic heterocycles. The van der Waals surface area contributed by atoms with E-state index in [1.807, 2.05) is 24.3 Å². The third-order valence-electron chi connectivity index (χ3n) is 4.76. The summed E-state index contributed by atoms with van der Waals surface area (Å²) in [6.07, 6.45) is 3.32. The molecule has 0 aliphatic carbocycles. The molecule has 7 nitrogen and oxygen atoms in total. The number of fused-ring (bicyclic) bond motifs is 1. The zero-order chi connectivity index (χ0) is 21.0. The molecule has 3 rings (SSSR count). The topological polar surface area (TPSA) is 112 Å². The number of benzene rings is 2. The summed E-state index contributed by atoms with van der Waals surface area (Å²) in [4.78, 5) is 13.0. The molecular formula is C20H23BN2O5S. The third kappa shape index (κ3) is 5.06. The lowest BCUT2D eigenvalue weighted by molar-refractivity contribution is -0.120. The molecule has 0 aliphatic rings. The maximum absolute atomic E-state index is 12.5. The fraction of sp³-hybridized carbons (Fsp3) is 0.250. The highest BCUT2D eigenvalue weighted by atomic mass is 32.2. The van der Waals surface area contributed by atoms with E-state index in [1.54, 1.807) is 36.8 Å². The standard InChI is InChI=1S/C20H23BN2O5S/c1-22-29(2,27)16-7-5-6-14(10-16)11-20(24)23-19(21(25)26)12-15-13-28-18-9-4-3-8-17(15)18/h3-10,13,19,25-26H,11-12H2,1-2H3,(H,23,24)/t19-,29?/m0/s1. The van der Waals surface area contributed by atoms with Crippen LogP contribution >= 0.6 is 0 Å². The first-order valence-corrected chi connectivity index (χ1v) is 11.0. The lowest BCUT2D eigenvalue weighted by Crippen LogP contribution is -2.48. The summed E-state index contributed by atoms with van der Waals surface area (Å²) >= 11 is 0. The van der Waals surface area contributed by atoms with Crippen molar-refractivity contribution in [3.05, 3.63) is 65.9 Å². The second kappa shape index (κ2) is 8.81. The van der Waals surface area contributed by atoms with Crippen molar-refractivity contribution in [1.82, 2.24) is 5.32 Å². The molecular weight excluding hydrogens is 391 g/mol. The first-order valence-electron chi connectivity index (χ1n) is 9.10. The molecule has 152 valence electrons. The molecule has 2 atom stereocenters. The third-order valence-corrected chi connectivity index (χ3v) is 6.58. The molecule has 0 saturated carbocycles. The van der Waals surface area contributed by atoms with Crippen molar-refractivity contribution in [2.75, 3.05) is 13.3 Å². The number of nitrogens with zero attached hydrogens (tertiary/aromatic N) is 1. The second-order valence-electron chi connectivity index (χ2n) is 6.86. The molecule has 1 amide bonds. The highest BCUT2D eigenvalue weighted by Gasteiger charge is 2.27. The Morgan fingerprint density at radius 2 is 2.00 bits per heavy atom. The van der Waals surface area contributed by atoms with Crippen molar-refractivity contribution in [2.45, 2.75) is 23.7 Å². The minimum atomic E-state index is -2.50. The van der Waals surface area contributed by atoms with Crippen LogP contribution in [0.25, 0.3) is 11.0 Å². The first kappa shape index (κ1) is 21.1. The Kier molecular flexibility index (Phi) is 6.41. The lowest BCUT2D eigenvalue weighted by Gasteiger charge is -2.17. The Bertz CT molecular complexity index is 1130. The van der Waals surface area contributed by atoms with Gasteiger partial charge in [-0.1, -0.05) is 30.3 Å². The summed E-state index contributed by atoms with van der Waals surface area (Å²) in [7, 11) is -2.73. The van der Waals surface area contributed by atoms with Crippen molar-refractivity contribution < 1.29 is 23.5 Å². The van der Waals surface area contributed by atoms with Gasteiger partial charge in [-0.05, 0) is 35.7 Å². The average molecular weight is 414 g/mol. The van der Waals surface area contributed by atoms with E-state index in [4.69, 9.17) is 4.42 Å². The van der Waals surface area contributed by atoms with Crippen LogP contribution in [0.15, 0.2) is 68.5 Å². The number of rotatable bonds is 7. The van der Waals surface area contributed by atoms with E-state index in [2.05, 4.69) is 9.68 Å². The molecule has 0 aliphatic heterocycles. The van der Waals surface area contributed by atoms with Crippen LogP contribution in [0, 0.1) is 0 Å². The van der Waals surface area contributed by atoms with Crippen molar-refractivity contribution in [3.8, 4) is 0 Å². The van der Waals surface area contributed by atoms with E-state index in [1.165, 1.54) is 7.05 Å². The molecule has 0 fully saturated rings. The monoisotopic (exact) mass is 414 g/mol. The van der Waals surface area contributed by atoms with E-state index in [-0.39, 0.29) is 18.7 Å². The highest BCUT2D eigenvalue weighted by Crippen LogP contribution is 2.22. The van der Waals surface area contributed by atoms with E-state index in [0.29, 0.717) is 16.0 Å².